The van der Waals surface area contributed by atoms with Gasteiger partial charge in [0, 0.05) is 11.8 Å². The van der Waals surface area contributed by atoms with Gasteiger partial charge in [-0.3, -0.25) is 14.6 Å². The average Bonchev–Trinajstić information content (AvgIpc) is 2.80. The van der Waals surface area contributed by atoms with Crippen molar-refractivity contribution in [2.75, 3.05) is 19.1 Å². The quantitative estimate of drug-likeness (QED) is 0.471. The summed E-state index contributed by atoms with van der Waals surface area (Å²) in [5, 5.41) is 0. The standard InChI is InChI=1S/C24H20N2O4/c1-29-18-11-7-16(8-12-18)25-15-22-20-5-3-4-6-21(20)23(27)26(24(22)28)17-9-13-19(30-2)14-10-17/h3-15,22H,1-2H3. The molecule has 150 valence electrons. The Bertz CT molecular complexity index is 1100. The maximum absolute atomic E-state index is 13.3. The second-order valence-corrected chi connectivity index (χ2v) is 6.72. The molecule has 0 saturated carbocycles. The van der Waals surface area contributed by atoms with E-state index in [0.717, 1.165) is 5.75 Å². The van der Waals surface area contributed by atoms with Gasteiger partial charge in [0.15, 0.2) is 0 Å². The van der Waals surface area contributed by atoms with Crippen LogP contribution in [0.5, 0.6) is 11.5 Å². The number of hydrogen-bond acceptors (Lipinski definition) is 5. The molecule has 1 aliphatic rings. The average molecular weight is 400 g/mol. The number of anilines is 1. The second-order valence-electron chi connectivity index (χ2n) is 6.72. The van der Waals surface area contributed by atoms with Gasteiger partial charge in [0.25, 0.3) is 5.91 Å². The molecule has 0 bridgehead atoms. The fraction of sp³-hybridized carbons (Fsp3) is 0.125. The van der Waals surface area contributed by atoms with E-state index in [1.165, 1.54) is 4.90 Å². The van der Waals surface area contributed by atoms with Crippen LogP contribution < -0.4 is 14.4 Å². The van der Waals surface area contributed by atoms with E-state index < -0.39 is 5.92 Å². The van der Waals surface area contributed by atoms with Crippen molar-refractivity contribution in [3.63, 3.8) is 0 Å². The lowest BCUT2D eigenvalue weighted by Crippen LogP contribution is -2.45. The van der Waals surface area contributed by atoms with Crippen molar-refractivity contribution in [1.82, 2.24) is 0 Å². The van der Waals surface area contributed by atoms with Gasteiger partial charge in [0.2, 0.25) is 5.91 Å². The van der Waals surface area contributed by atoms with E-state index in [1.807, 2.05) is 6.07 Å². The zero-order chi connectivity index (χ0) is 21.1. The summed E-state index contributed by atoms with van der Waals surface area (Å²) in [5.41, 5.74) is 2.31. The van der Waals surface area contributed by atoms with Gasteiger partial charge in [0.05, 0.1) is 25.6 Å². The summed E-state index contributed by atoms with van der Waals surface area (Å²) in [6, 6.07) is 21.2. The Labute approximate surface area is 174 Å². The number of aliphatic imine (C=N–C) groups is 1. The number of methoxy groups -OCH3 is 2. The number of carbonyl (C=O) groups excluding carboxylic acids is 2. The molecule has 2 amide bonds. The minimum absolute atomic E-state index is 0.346. The number of nitrogens with zero attached hydrogens (tertiary/aromatic N) is 2. The van der Waals surface area contributed by atoms with Crippen LogP contribution in [0.3, 0.4) is 0 Å². The first kappa shape index (κ1) is 19.4. The van der Waals surface area contributed by atoms with Gasteiger partial charge < -0.3 is 9.47 Å². The van der Waals surface area contributed by atoms with Gasteiger partial charge in [-0.1, -0.05) is 18.2 Å². The Hall–Kier alpha value is -3.93. The Morgan fingerprint density at radius 1 is 0.833 bits per heavy atom. The first-order valence-electron chi connectivity index (χ1n) is 9.42. The zero-order valence-electron chi connectivity index (χ0n) is 16.6. The van der Waals surface area contributed by atoms with Gasteiger partial charge in [-0.25, -0.2) is 4.90 Å². The summed E-state index contributed by atoms with van der Waals surface area (Å²) in [6.07, 6.45) is 1.59. The fourth-order valence-corrected chi connectivity index (χ4v) is 3.40. The molecule has 0 N–H and O–H groups in total. The number of carbonyl (C=O) groups is 2. The topological polar surface area (TPSA) is 68.2 Å². The van der Waals surface area contributed by atoms with Crippen molar-refractivity contribution >= 4 is 29.4 Å². The highest BCUT2D eigenvalue weighted by atomic mass is 16.5. The SMILES string of the molecule is COc1ccc(N=CC2C(=O)N(c3ccc(OC)cc3)C(=O)c3ccccc32)cc1. The Morgan fingerprint density at radius 3 is 2.07 bits per heavy atom. The van der Waals surface area contributed by atoms with E-state index in [0.29, 0.717) is 28.3 Å². The van der Waals surface area contributed by atoms with E-state index in [1.54, 1.807) is 87.2 Å². The van der Waals surface area contributed by atoms with Crippen molar-refractivity contribution in [3.8, 4) is 11.5 Å². The Kier molecular flexibility index (Phi) is 5.30. The highest BCUT2D eigenvalue weighted by Gasteiger charge is 2.38. The maximum atomic E-state index is 13.3. The number of amides is 2. The van der Waals surface area contributed by atoms with Gasteiger partial charge in [-0.2, -0.15) is 0 Å². The molecule has 0 saturated heterocycles. The molecule has 6 nitrogen and oxygen atoms in total. The molecule has 0 radical (unpaired) electrons. The summed E-state index contributed by atoms with van der Waals surface area (Å²) >= 11 is 0. The van der Waals surface area contributed by atoms with Crippen LogP contribution in [0.2, 0.25) is 0 Å². The lowest BCUT2D eigenvalue weighted by atomic mass is 9.89. The van der Waals surface area contributed by atoms with Gasteiger partial charge in [-0.05, 0) is 60.2 Å². The van der Waals surface area contributed by atoms with Crippen LogP contribution in [0.25, 0.3) is 0 Å². The maximum Gasteiger partial charge on any atom is 0.265 e. The van der Waals surface area contributed by atoms with Crippen molar-refractivity contribution < 1.29 is 19.1 Å². The molecular weight excluding hydrogens is 380 g/mol. The smallest absolute Gasteiger partial charge is 0.265 e. The van der Waals surface area contributed by atoms with Crippen LogP contribution in [-0.4, -0.2) is 32.2 Å². The molecule has 0 spiro atoms. The molecule has 3 aromatic carbocycles. The molecule has 30 heavy (non-hydrogen) atoms. The number of benzene rings is 3. The largest absolute Gasteiger partial charge is 0.497 e. The van der Waals surface area contributed by atoms with Gasteiger partial charge >= 0.3 is 0 Å². The highest BCUT2D eigenvalue weighted by molar-refractivity contribution is 6.29. The molecule has 1 atom stereocenters. The van der Waals surface area contributed by atoms with Crippen LogP contribution in [0.15, 0.2) is 77.8 Å². The number of imide groups is 1. The first-order chi connectivity index (χ1) is 14.6. The normalized spacial score (nSPS) is 15.9. The molecule has 6 heteroatoms. The van der Waals surface area contributed by atoms with E-state index in [9.17, 15) is 9.59 Å². The van der Waals surface area contributed by atoms with E-state index >= 15 is 0 Å². The minimum atomic E-state index is -0.678. The third kappa shape index (κ3) is 3.55. The monoisotopic (exact) mass is 400 g/mol. The predicted octanol–water partition coefficient (Wildman–Crippen LogP) is 4.38. The summed E-state index contributed by atoms with van der Waals surface area (Å²) in [7, 11) is 3.16. The predicted molar refractivity (Wildman–Crippen MR) is 115 cm³/mol. The fourth-order valence-electron chi connectivity index (χ4n) is 3.40. The summed E-state index contributed by atoms with van der Waals surface area (Å²) in [5.74, 6) is -0.00270. The van der Waals surface area contributed by atoms with Crippen LogP contribution in [0.1, 0.15) is 21.8 Å². The van der Waals surface area contributed by atoms with E-state index in [4.69, 9.17) is 9.47 Å². The van der Waals surface area contributed by atoms with Crippen LogP contribution >= 0.6 is 0 Å². The van der Waals surface area contributed by atoms with E-state index in [2.05, 4.69) is 4.99 Å². The zero-order valence-corrected chi connectivity index (χ0v) is 16.6. The second kappa shape index (κ2) is 8.21. The van der Waals surface area contributed by atoms with Gasteiger partial charge in [-0.15, -0.1) is 0 Å². The Morgan fingerprint density at radius 2 is 1.43 bits per heavy atom. The number of fused-ring (bicyclic) bond motifs is 1. The minimum Gasteiger partial charge on any atom is -0.497 e. The molecular formula is C24H20N2O4. The number of rotatable bonds is 5. The molecule has 1 unspecified atom stereocenters. The molecule has 3 aromatic rings. The molecule has 1 aliphatic heterocycles. The molecule has 1 heterocycles. The van der Waals surface area contributed by atoms with Crippen LogP contribution in [0, 0.1) is 0 Å². The number of ether oxygens (including phenoxy) is 2. The van der Waals surface area contributed by atoms with Gasteiger partial charge in [0.1, 0.15) is 17.4 Å². The summed E-state index contributed by atoms with van der Waals surface area (Å²) in [6.45, 7) is 0. The van der Waals surface area contributed by atoms with Crippen molar-refractivity contribution in [2.45, 2.75) is 5.92 Å². The molecule has 0 aromatic heterocycles. The molecule has 4 rings (SSSR count). The Balaban J connectivity index is 1.72. The van der Waals surface area contributed by atoms with Crippen LogP contribution in [0.4, 0.5) is 11.4 Å². The van der Waals surface area contributed by atoms with Crippen molar-refractivity contribution in [3.05, 3.63) is 83.9 Å². The van der Waals surface area contributed by atoms with E-state index in [-0.39, 0.29) is 11.8 Å². The lowest BCUT2D eigenvalue weighted by molar-refractivity contribution is -0.118. The van der Waals surface area contributed by atoms with Crippen molar-refractivity contribution in [1.29, 1.82) is 0 Å². The summed E-state index contributed by atoms with van der Waals surface area (Å²) in [4.78, 5) is 32.1. The molecule has 0 aliphatic carbocycles. The number of hydrogen-bond donors (Lipinski definition) is 0. The van der Waals surface area contributed by atoms with Crippen LogP contribution in [-0.2, 0) is 4.79 Å². The third-order valence-corrected chi connectivity index (χ3v) is 4.99. The molecule has 0 fully saturated rings. The third-order valence-electron chi connectivity index (χ3n) is 4.99. The highest BCUT2D eigenvalue weighted by Crippen LogP contribution is 2.33. The van der Waals surface area contributed by atoms with Crippen molar-refractivity contribution in [2.24, 2.45) is 4.99 Å². The first-order valence-corrected chi connectivity index (χ1v) is 9.42. The lowest BCUT2D eigenvalue weighted by Gasteiger charge is -2.31. The summed E-state index contributed by atoms with van der Waals surface area (Å²) < 4.78 is 10.3.